The summed E-state index contributed by atoms with van der Waals surface area (Å²) in [6, 6.07) is 0.819. The number of hydrogen-bond acceptors (Lipinski definition) is 7. The zero-order valence-corrected chi connectivity index (χ0v) is 19.2. The first-order valence-electron chi connectivity index (χ1n) is 10.8. The summed E-state index contributed by atoms with van der Waals surface area (Å²) in [6.07, 6.45) is -7.78. The maximum Gasteiger partial charge on any atom is 0.416 e. The molecule has 3 atom stereocenters. The van der Waals surface area contributed by atoms with E-state index in [1.807, 2.05) is 0 Å². The molecule has 3 heterocycles. The van der Waals surface area contributed by atoms with Crippen molar-refractivity contribution in [3.63, 3.8) is 0 Å². The van der Waals surface area contributed by atoms with Crippen LogP contribution in [0.4, 0.5) is 26.3 Å². The van der Waals surface area contributed by atoms with Crippen LogP contribution >= 0.6 is 0 Å². The van der Waals surface area contributed by atoms with E-state index in [0.29, 0.717) is 24.4 Å². The van der Waals surface area contributed by atoms with E-state index in [2.05, 4.69) is 30.7 Å². The summed E-state index contributed by atoms with van der Waals surface area (Å²) in [5.74, 6) is -1.07. The molecule has 1 aliphatic rings. The van der Waals surface area contributed by atoms with Crippen LogP contribution in [0.1, 0.15) is 58.8 Å². The Morgan fingerprint density at radius 3 is 2.19 bits per heavy atom. The fourth-order valence-electron chi connectivity index (χ4n) is 3.89. The third-order valence-corrected chi connectivity index (χ3v) is 5.83. The summed E-state index contributed by atoms with van der Waals surface area (Å²) < 4.78 is 80.2. The van der Waals surface area contributed by atoms with Crippen LogP contribution in [-0.4, -0.2) is 49.0 Å². The topological polar surface area (TPSA) is 115 Å². The maximum atomic E-state index is 13.2. The fraction of sp³-hybridized carbons (Fsp3) is 0.364. The zero-order valence-electron chi connectivity index (χ0n) is 19.2. The summed E-state index contributed by atoms with van der Waals surface area (Å²) in [7, 11) is 0. The van der Waals surface area contributed by atoms with Gasteiger partial charge in [0.05, 0.1) is 28.9 Å². The number of alkyl halides is 6. The average Bonchev–Trinajstić information content (AvgIpc) is 3.27. The highest BCUT2D eigenvalue weighted by molar-refractivity contribution is 5.95. The van der Waals surface area contributed by atoms with Crippen molar-refractivity contribution in [2.75, 3.05) is 6.54 Å². The van der Waals surface area contributed by atoms with Crippen LogP contribution in [0, 0.1) is 0 Å². The van der Waals surface area contributed by atoms with E-state index >= 15 is 0 Å². The van der Waals surface area contributed by atoms with Crippen LogP contribution < -0.4 is 10.6 Å². The number of hydrogen-bond donors (Lipinski definition) is 2. The first-order valence-corrected chi connectivity index (χ1v) is 10.8. The number of nitrogens with one attached hydrogen (secondary N) is 2. The van der Waals surface area contributed by atoms with Crippen molar-refractivity contribution in [2.24, 2.45) is 0 Å². The normalized spacial score (nSPS) is 18.7. The van der Waals surface area contributed by atoms with Gasteiger partial charge in [0.25, 0.3) is 5.91 Å². The molecular formula is C22H19F6N7O2. The van der Waals surface area contributed by atoms with Crippen LogP contribution in [0.15, 0.2) is 36.9 Å². The van der Waals surface area contributed by atoms with Gasteiger partial charge in [0.15, 0.2) is 11.6 Å². The predicted molar refractivity (Wildman–Crippen MR) is 114 cm³/mol. The molecule has 2 aromatic heterocycles. The number of benzene rings is 1. The lowest BCUT2D eigenvalue weighted by Crippen LogP contribution is -2.55. The molecule has 0 bridgehead atoms. The average molecular weight is 527 g/mol. The number of amides is 1. The molecule has 4 rings (SSSR count). The van der Waals surface area contributed by atoms with E-state index < -0.39 is 47.0 Å². The van der Waals surface area contributed by atoms with Gasteiger partial charge in [-0.2, -0.15) is 36.1 Å². The molecule has 3 unspecified atom stereocenters. The number of rotatable bonds is 6. The zero-order chi connectivity index (χ0) is 27.1. The summed E-state index contributed by atoms with van der Waals surface area (Å²) in [5, 5.41) is 9.42. The van der Waals surface area contributed by atoms with Crippen molar-refractivity contribution in [3.8, 4) is 5.82 Å². The van der Waals surface area contributed by atoms with E-state index in [4.69, 9.17) is 0 Å². The SMILES string of the molecule is CC(=O)C1NCC1c1cc(-n2ncnc2C(C)NC(=O)c2cc(C(F)(F)F)cc(C(F)(F)F)c2)ncn1. The molecule has 15 heteroatoms. The van der Waals surface area contributed by atoms with Crippen LogP contribution in [0.25, 0.3) is 5.82 Å². The monoisotopic (exact) mass is 527 g/mol. The number of carbonyl (C=O) groups is 2. The van der Waals surface area contributed by atoms with Crippen LogP contribution in [0.3, 0.4) is 0 Å². The van der Waals surface area contributed by atoms with Gasteiger partial charge in [-0.1, -0.05) is 0 Å². The number of Topliss-reactive ketones (excluding diaryl/α,β-unsaturated/α-hetero) is 1. The molecule has 0 spiro atoms. The lowest BCUT2D eigenvalue weighted by atomic mass is 9.86. The van der Waals surface area contributed by atoms with Crippen molar-refractivity contribution < 1.29 is 35.9 Å². The molecule has 1 fully saturated rings. The molecule has 0 saturated carbocycles. The van der Waals surface area contributed by atoms with Gasteiger partial charge in [-0.25, -0.2) is 15.0 Å². The van der Waals surface area contributed by atoms with Crippen molar-refractivity contribution in [1.29, 1.82) is 0 Å². The summed E-state index contributed by atoms with van der Waals surface area (Å²) in [5.41, 5.74) is -3.47. The lowest BCUT2D eigenvalue weighted by molar-refractivity contribution is -0.143. The van der Waals surface area contributed by atoms with Crippen molar-refractivity contribution in [1.82, 2.24) is 35.4 Å². The number of nitrogens with zero attached hydrogens (tertiary/aromatic N) is 5. The van der Waals surface area contributed by atoms with Gasteiger partial charge in [0.1, 0.15) is 18.4 Å². The fourth-order valence-corrected chi connectivity index (χ4v) is 3.89. The van der Waals surface area contributed by atoms with Crippen molar-refractivity contribution in [3.05, 3.63) is 65.1 Å². The molecular weight excluding hydrogens is 508 g/mol. The third-order valence-electron chi connectivity index (χ3n) is 5.83. The first-order chi connectivity index (χ1) is 17.3. The van der Waals surface area contributed by atoms with Gasteiger partial charge in [-0.05, 0) is 32.0 Å². The molecule has 2 N–H and O–H groups in total. The second kappa shape index (κ2) is 9.53. The largest absolute Gasteiger partial charge is 0.416 e. The Kier molecular flexibility index (Phi) is 6.75. The summed E-state index contributed by atoms with van der Waals surface area (Å²) in [4.78, 5) is 36.8. The highest BCUT2D eigenvalue weighted by Gasteiger charge is 2.38. The summed E-state index contributed by atoms with van der Waals surface area (Å²) >= 11 is 0. The molecule has 37 heavy (non-hydrogen) atoms. The number of aromatic nitrogens is 5. The second-order valence-electron chi connectivity index (χ2n) is 8.42. The Balaban J connectivity index is 1.59. The summed E-state index contributed by atoms with van der Waals surface area (Å²) in [6.45, 7) is 3.41. The molecule has 0 radical (unpaired) electrons. The number of halogens is 6. The van der Waals surface area contributed by atoms with Gasteiger partial charge in [-0.15, -0.1) is 0 Å². The molecule has 1 saturated heterocycles. The van der Waals surface area contributed by atoms with E-state index in [-0.39, 0.29) is 29.4 Å². The minimum absolute atomic E-state index is 0.0577. The minimum atomic E-state index is -5.09. The van der Waals surface area contributed by atoms with Crippen molar-refractivity contribution >= 4 is 11.7 Å². The number of ketones is 1. The smallest absolute Gasteiger partial charge is 0.342 e. The quantitative estimate of drug-likeness (QED) is 0.473. The molecule has 0 aliphatic carbocycles. The molecule has 9 nitrogen and oxygen atoms in total. The highest BCUT2D eigenvalue weighted by atomic mass is 19.4. The van der Waals surface area contributed by atoms with E-state index in [9.17, 15) is 35.9 Å². The Morgan fingerprint density at radius 1 is 1.00 bits per heavy atom. The third kappa shape index (κ3) is 5.45. The maximum absolute atomic E-state index is 13.2. The molecule has 1 aliphatic heterocycles. The first kappa shape index (κ1) is 26.2. The van der Waals surface area contributed by atoms with Crippen molar-refractivity contribution in [2.45, 2.75) is 44.2 Å². The van der Waals surface area contributed by atoms with Gasteiger partial charge < -0.3 is 10.6 Å². The van der Waals surface area contributed by atoms with E-state index in [1.54, 1.807) is 6.07 Å². The Labute approximate surface area is 205 Å². The van der Waals surface area contributed by atoms with Gasteiger partial charge in [0, 0.05) is 24.1 Å². The van der Waals surface area contributed by atoms with Crippen LogP contribution in [0.2, 0.25) is 0 Å². The molecule has 1 amide bonds. The Hall–Kier alpha value is -3.88. The van der Waals surface area contributed by atoms with E-state index in [0.717, 1.165) is 6.33 Å². The van der Waals surface area contributed by atoms with E-state index in [1.165, 1.54) is 24.9 Å². The minimum Gasteiger partial charge on any atom is -0.342 e. The van der Waals surface area contributed by atoms with Gasteiger partial charge >= 0.3 is 12.4 Å². The van der Waals surface area contributed by atoms with Crippen LogP contribution in [0.5, 0.6) is 0 Å². The number of carbonyl (C=O) groups excluding carboxylic acids is 2. The molecule has 1 aromatic carbocycles. The molecule has 196 valence electrons. The van der Waals surface area contributed by atoms with Crippen LogP contribution in [-0.2, 0) is 17.1 Å². The Bertz CT molecular complexity index is 1310. The van der Waals surface area contributed by atoms with Gasteiger partial charge in [-0.3, -0.25) is 9.59 Å². The van der Waals surface area contributed by atoms with Gasteiger partial charge in [0.2, 0.25) is 0 Å². The second-order valence-corrected chi connectivity index (χ2v) is 8.42. The lowest BCUT2D eigenvalue weighted by Gasteiger charge is -2.35. The Morgan fingerprint density at radius 2 is 1.65 bits per heavy atom. The predicted octanol–water partition coefficient (Wildman–Crippen LogP) is 3.23. The highest BCUT2D eigenvalue weighted by Crippen LogP contribution is 2.36. The standard InChI is InChI=1S/C22H19F6N7O2/c1-10(34-20(37)12-3-13(21(23,24)25)5-14(4-12)22(26,27)28)19-32-9-33-35(19)17-6-16(30-8-31-17)15-7-29-18(15)11(2)36/h3-6,8-10,15,18,29H,7H2,1-2H3,(H,34,37). The molecule has 3 aromatic rings.